The van der Waals surface area contributed by atoms with Crippen LogP contribution in [0.4, 0.5) is 10.7 Å². The molecule has 190 valence electrons. The predicted molar refractivity (Wildman–Crippen MR) is 134 cm³/mol. The number of primary amides is 1. The van der Waals surface area contributed by atoms with Crippen molar-refractivity contribution in [3.05, 3.63) is 47.4 Å². The van der Waals surface area contributed by atoms with Crippen LogP contribution in [0.15, 0.2) is 30.5 Å². The summed E-state index contributed by atoms with van der Waals surface area (Å²) >= 11 is 0. The van der Waals surface area contributed by atoms with Crippen LogP contribution in [0, 0.1) is 5.92 Å². The Morgan fingerprint density at radius 3 is 2.81 bits per heavy atom. The molecule has 0 radical (unpaired) electrons. The number of hydrogen-bond donors (Lipinski definition) is 2. The predicted octanol–water partition coefficient (Wildman–Crippen LogP) is 2.08. The van der Waals surface area contributed by atoms with Crippen LogP contribution in [-0.4, -0.2) is 67.0 Å². The zero-order chi connectivity index (χ0) is 25.1. The van der Waals surface area contributed by atoms with Gasteiger partial charge in [0.1, 0.15) is 17.4 Å². The molecule has 3 aliphatic heterocycles. The second-order valence-electron chi connectivity index (χ2n) is 10.2. The normalized spacial score (nSPS) is 20.1. The van der Waals surface area contributed by atoms with E-state index in [4.69, 9.17) is 20.4 Å². The van der Waals surface area contributed by atoms with Crippen LogP contribution in [0.2, 0.25) is 0 Å². The van der Waals surface area contributed by atoms with E-state index in [2.05, 4.69) is 16.4 Å². The van der Waals surface area contributed by atoms with Crippen LogP contribution < -0.4 is 15.8 Å². The summed E-state index contributed by atoms with van der Waals surface area (Å²) in [6.07, 6.45) is 5.48. The quantitative estimate of drug-likeness (QED) is 0.548. The molecule has 1 aromatic carbocycles. The Balaban J connectivity index is 1.21. The highest BCUT2D eigenvalue weighted by Crippen LogP contribution is 2.35. The van der Waals surface area contributed by atoms with Crippen LogP contribution in [-0.2, 0) is 24.3 Å². The number of rotatable bonds is 5. The first kappa shape index (κ1) is 22.1. The fourth-order valence-electron chi connectivity index (χ4n) is 5.52. The summed E-state index contributed by atoms with van der Waals surface area (Å²) in [4.78, 5) is 42.1. The fourth-order valence-corrected chi connectivity index (χ4v) is 5.52. The number of amides is 3. The molecular weight excluding hydrogens is 472 g/mol. The van der Waals surface area contributed by atoms with Crippen LogP contribution in [0.3, 0.4) is 0 Å². The minimum Gasteiger partial charge on any atom is -0.493 e. The van der Waals surface area contributed by atoms with Crippen LogP contribution in [0.25, 0.3) is 17.2 Å². The molecule has 11 nitrogen and oxygen atoms in total. The van der Waals surface area contributed by atoms with Gasteiger partial charge in [-0.15, -0.1) is 0 Å². The first-order valence-electron chi connectivity index (χ1n) is 12.8. The van der Waals surface area contributed by atoms with Crippen molar-refractivity contribution < 1.29 is 14.3 Å². The van der Waals surface area contributed by atoms with Gasteiger partial charge in [0.15, 0.2) is 0 Å². The first-order chi connectivity index (χ1) is 18.0. The number of hydrogen-bond acceptors (Lipinski definition) is 7. The van der Waals surface area contributed by atoms with Crippen molar-refractivity contribution in [2.75, 3.05) is 25.0 Å². The lowest BCUT2D eigenvalue weighted by Crippen LogP contribution is -2.32. The molecule has 1 saturated heterocycles. The minimum atomic E-state index is -0.475. The van der Waals surface area contributed by atoms with E-state index in [-0.39, 0.29) is 17.9 Å². The highest BCUT2D eigenvalue weighted by atomic mass is 16.5. The topological polar surface area (TPSA) is 132 Å². The van der Waals surface area contributed by atoms with Gasteiger partial charge in [0.25, 0.3) is 0 Å². The van der Waals surface area contributed by atoms with Gasteiger partial charge >= 0.3 is 6.03 Å². The molecule has 7 rings (SSSR count). The van der Waals surface area contributed by atoms with Gasteiger partial charge in [-0.05, 0) is 49.1 Å². The number of anilines is 1. The van der Waals surface area contributed by atoms with E-state index in [0.29, 0.717) is 38.0 Å². The number of likely N-dealkylation sites (tertiary alicyclic amines) is 1. The molecule has 1 aliphatic carbocycles. The molecule has 1 atom stereocenters. The summed E-state index contributed by atoms with van der Waals surface area (Å²) in [6.45, 7) is 2.83. The smallest absolute Gasteiger partial charge is 0.315 e. The summed E-state index contributed by atoms with van der Waals surface area (Å²) in [5.74, 6) is 3.34. The van der Waals surface area contributed by atoms with E-state index in [1.54, 1.807) is 11.1 Å². The lowest BCUT2D eigenvalue weighted by Gasteiger charge is -2.18. The molecule has 3 aromatic rings. The fraction of sp³-hybridized carbons (Fsp3) is 0.423. The molecule has 4 aliphatic rings. The highest BCUT2D eigenvalue weighted by Gasteiger charge is 2.37. The Labute approximate surface area is 213 Å². The van der Waals surface area contributed by atoms with Crippen LogP contribution >= 0.6 is 0 Å². The van der Waals surface area contributed by atoms with Crippen molar-refractivity contribution >= 4 is 17.9 Å². The number of nitrogens with one attached hydrogen (secondary N) is 1. The number of carbonyl (C=O) groups excluding carboxylic acids is 2. The van der Waals surface area contributed by atoms with E-state index in [1.165, 1.54) is 0 Å². The van der Waals surface area contributed by atoms with Crippen LogP contribution in [0.5, 0.6) is 5.75 Å². The van der Waals surface area contributed by atoms with Crippen molar-refractivity contribution in [1.29, 1.82) is 0 Å². The van der Waals surface area contributed by atoms with Gasteiger partial charge < -0.3 is 25.6 Å². The monoisotopic (exact) mass is 500 g/mol. The summed E-state index contributed by atoms with van der Waals surface area (Å²) < 4.78 is 7.69. The number of carbonyl (C=O) groups is 2. The first-order valence-corrected chi connectivity index (χ1v) is 12.8. The molecule has 1 saturated carbocycles. The molecule has 0 unspecified atom stereocenters. The average molecular weight is 501 g/mol. The average Bonchev–Trinajstić information content (AvgIpc) is 3.23. The second kappa shape index (κ2) is 8.46. The van der Waals surface area contributed by atoms with Gasteiger partial charge in [0.05, 0.1) is 31.1 Å². The largest absolute Gasteiger partial charge is 0.493 e. The minimum absolute atomic E-state index is 0.105. The molecular formula is C26H28N8O3. The number of imidazole rings is 1. The maximum absolute atomic E-state index is 12.5. The van der Waals surface area contributed by atoms with Gasteiger partial charge in [-0.1, -0.05) is 0 Å². The molecule has 0 bridgehead atoms. The summed E-state index contributed by atoms with van der Waals surface area (Å²) in [7, 11) is 0. The number of ether oxygens (including phenoxy) is 1. The van der Waals surface area contributed by atoms with E-state index >= 15 is 0 Å². The maximum Gasteiger partial charge on any atom is 0.315 e. The number of nitrogens with two attached hydrogens (primary N) is 1. The highest BCUT2D eigenvalue weighted by molar-refractivity contribution is 5.81. The Morgan fingerprint density at radius 1 is 1.08 bits per heavy atom. The lowest BCUT2D eigenvalue weighted by molar-refractivity contribution is -0.131. The Morgan fingerprint density at radius 2 is 1.97 bits per heavy atom. The number of fused-ring (bicyclic) bond motifs is 2. The zero-order valence-corrected chi connectivity index (χ0v) is 20.4. The van der Waals surface area contributed by atoms with Gasteiger partial charge in [-0.2, -0.15) is 4.98 Å². The third kappa shape index (κ3) is 3.94. The van der Waals surface area contributed by atoms with Crippen molar-refractivity contribution in [3.63, 3.8) is 0 Å². The van der Waals surface area contributed by atoms with E-state index < -0.39 is 6.03 Å². The van der Waals surface area contributed by atoms with E-state index in [9.17, 15) is 9.59 Å². The third-order valence-corrected chi connectivity index (χ3v) is 7.63. The molecule has 3 N–H and O–H groups in total. The van der Waals surface area contributed by atoms with Crippen molar-refractivity contribution in [1.82, 2.24) is 29.3 Å². The zero-order valence-electron chi connectivity index (χ0n) is 20.4. The molecule has 5 heterocycles. The van der Waals surface area contributed by atoms with Gasteiger partial charge in [0, 0.05) is 43.2 Å². The summed E-state index contributed by atoms with van der Waals surface area (Å²) in [5.41, 5.74) is 9.39. The lowest BCUT2D eigenvalue weighted by atomic mass is 10.1. The second-order valence-corrected chi connectivity index (χ2v) is 10.2. The molecule has 2 fully saturated rings. The van der Waals surface area contributed by atoms with Crippen molar-refractivity contribution in [2.45, 2.75) is 44.8 Å². The Bertz CT molecular complexity index is 1410. The van der Waals surface area contributed by atoms with Gasteiger partial charge in [-0.3, -0.25) is 9.36 Å². The third-order valence-electron chi connectivity index (χ3n) is 7.63. The van der Waals surface area contributed by atoms with E-state index in [0.717, 1.165) is 66.3 Å². The molecule has 2 aromatic heterocycles. The Hall–Kier alpha value is -4.15. The molecule has 37 heavy (non-hydrogen) atoms. The number of urea groups is 1. The SMILES string of the molecule is NC(=O)N1Cc2nc(-c3ccc4c(c3)CCO4)n(-c3ccnc(N[C@H]4CCN(C(=O)C5CC5)C4)n3)c2C1. The van der Waals surface area contributed by atoms with Crippen molar-refractivity contribution in [2.24, 2.45) is 11.7 Å². The molecule has 0 spiro atoms. The maximum atomic E-state index is 12.5. The van der Waals surface area contributed by atoms with Crippen LogP contribution in [0.1, 0.15) is 36.2 Å². The number of aromatic nitrogens is 4. The Kier molecular flexibility index (Phi) is 5.05. The number of benzene rings is 1. The molecule has 3 amide bonds. The van der Waals surface area contributed by atoms with E-state index in [1.807, 2.05) is 27.7 Å². The standard InChI is InChI=1S/C26H28N8O3/c27-25(36)33-13-19-20(14-33)34(23(30-19)17-3-4-21-16(11-17)7-10-37-21)22-5-8-28-26(31-22)29-18-6-9-32(12-18)24(35)15-1-2-15/h3-5,8,11,15,18H,1-2,6-7,9-10,12-14H2,(H2,27,36)(H,28,29,31)/t18-/m0/s1. The number of nitrogens with zero attached hydrogens (tertiary/aromatic N) is 6. The summed E-state index contributed by atoms with van der Waals surface area (Å²) in [5, 5.41) is 3.42. The summed E-state index contributed by atoms with van der Waals surface area (Å²) in [6, 6.07) is 7.59. The van der Waals surface area contributed by atoms with Gasteiger partial charge in [-0.25, -0.2) is 14.8 Å². The van der Waals surface area contributed by atoms with Crippen molar-refractivity contribution in [3.8, 4) is 23.0 Å². The molecule has 11 heteroatoms. The van der Waals surface area contributed by atoms with Gasteiger partial charge in [0.2, 0.25) is 11.9 Å².